The zero-order chi connectivity index (χ0) is 13.0. The molecule has 0 spiro atoms. The van der Waals surface area contributed by atoms with Gasteiger partial charge in [-0.15, -0.1) is 0 Å². The SMILES string of the molecule is NC(=O)C(Nc1ccccc1Cl)C1CCCOC1. The number of hydrogen-bond donors (Lipinski definition) is 2. The van der Waals surface area contributed by atoms with Crippen LogP contribution in [-0.4, -0.2) is 25.2 Å². The van der Waals surface area contributed by atoms with Gasteiger partial charge in [-0.1, -0.05) is 23.7 Å². The Balaban J connectivity index is 2.11. The third kappa shape index (κ3) is 3.15. The predicted molar refractivity (Wildman–Crippen MR) is 71.6 cm³/mol. The topological polar surface area (TPSA) is 64.4 Å². The van der Waals surface area contributed by atoms with Crippen molar-refractivity contribution in [2.75, 3.05) is 18.5 Å². The van der Waals surface area contributed by atoms with Crippen LogP contribution in [0.2, 0.25) is 5.02 Å². The van der Waals surface area contributed by atoms with Gasteiger partial charge in [-0.2, -0.15) is 0 Å². The molecule has 1 aliphatic rings. The molecule has 0 aromatic heterocycles. The van der Waals surface area contributed by atoms with Gasteiger partial charge in [-0.05, 0) is 25.0 Å². The van der Waals surface area contributed by atoms with E-state index in [0.29, 0.717) is 11.6 Å². The minimum Gasteiger partial charge on any atom is -0.381 e. The van der Waals surface area contributed by atoms with Gasteiger partial charge in [0, 0.05) is 12.5 Å². The van der Waals surface area contributed by atoms with Crippen LogP contribution in [0.5, 0.6) is 0 Å². The summed E-state index contributed by atoms with van der Waals surface area (Å²) in [5.41, 5.74) is 6.20. The van der Waals surface area contributed by atoms with Gasteiger partial charge in [0.2, 0.25) is 5.91 Å². The second-order valence-electron chi connectivity index (χ2n) is 4.48. The van der Waals surface area contributed by atoms with Crippen molar-refractivity contribution in [3.63, 3.8) is 0 Å². The highest BCUT2D eigenvalue weighted by Crippen LogP contribution is 2.25. The van der Waals surface area contributed by atoms with Crippen molar-refractivity contribution >= 4 is 23.2 Å². The first kappa shape index (κ1) is 13.2. The lowest BCUT2D eigenvalue weighted by molar-refractivity contribution is -0.121. The molecule has 1 saturated heterocycles. The van der Waals surface area contributed by atoms with Crippen LogP contribution in [0.3, 0.4) is 0 Å². The quantitative estimate of drug-likeness (QED) is 0.878. The normalized spacial score (nSPS) is 21.3. The fraction of sp³-hybridized carbons (Fsp3) is 0.462. The number of anilines is 1. The molecule has 1 aliphatic heterocycles. The minimum atomic E-state index is -0.440. The summed E-state index contributed by atoms with van der Waals surface area (Å²) < 4.78 is 5.40. The first-order valence-corrected chi connectivity index (χ1v) is 6.44. The van der Waals surface area contributed by atoms with E-state index in [9.17, 15) is 4.79 Å². The summed E-state index contributed by atoms with van der Waals surface area (Å²) in [7, 11) is 0. The number of ether oxygens (including phenoxy) is 1. The van der Waals surface area contributed by atoms with Crippen LogP contribution < -0.4 is 11.1 Å². The Labute approximate surface area is 111 Å². The van der Waals surface area contributed by atoms with Crippen molar-refractivity contribution < 1.29 is 9.53 Å². The number of hydrogen-bond acceptors (Lipinski definition) is 3. The van der Waals surface area contributed by atoms with Crippen LogP contribution in [0.15, 0.2) is 24.3 Å². The molecular formula is C13H17ClN2O2. The summed E-state index contributed by atoms with van der Waals surface area (Å²) in [4.78, 5) is 11.6. The third-order valence-corrected chi connectivity index (χ3v) is 3.49. The van der Waals surface area contributed by atoms with Crippen LogP contribution >= 0.6 is 11.6 Å². The third-order valence-electron chi connectivity index (χ3n) is 3.16. The van der Waals surface area contributed by atoms with E-state index in [1.165, 1.54) is 0 Å². The Kier molecular flexibility index (Phi) is 4.44. The lowest BCUT2D eigenvalue weighted by atomic mass is 9.93. The van der Waals surface area contributed by atoms with Gasteiger partial charge in [-0.25, -0.2) is 0 Å². The van der Waals surface area contributed by atoms with Gasteiger partial charge >= 0.3 is 0 Å². The highest BCUT2D eigenvalue weighted by molar-refractivity contribution is 6.33. The number of para-hydroxylation sites is 1. The average Bonchev–Trinajstić information content (AvgIpc) is 2.38. The van der Waals surface area contributed by atoms with Crippen molar-refractivity contribution in [3.05, 3.63) is 29.3 Å². The monoisotopic (exact) mass is 268 g/mol. The number of nitrogens with two attached hydrogens (primary N) is 1. The lowest BCUT2D eigenvalue weighted by Gasteiger charge is -2.29. The van der Waals surface area contributed by atoms with Gasteiger partial charge in [0.05, 0.1) is 17.3 Å². The summed E-state index contributed by atoms with van der Waals surface area (Å²) >= 11 is 6.07. The maximum Gasteiger partial charge on any atom is 0.240 e. The van der Waals surface area contributed by atoms with Crippen molar-refractivity contribution in [2.24, 2.45) is 11.7 Å². The predicted octanol–water partition coefficient (Wildman–Crippen LogP) is 2.03. The molecule has 2 atom stereocenters. The summed E-state index contributed by atoms with van der Waals surface area (Å²) in [6, 6.07) is 6.88. The summed E-state index contributed by atoms with van der Waals surface area (Å²) in [5, 5.41) is 3.71. The number of benzene rings is 1. The second kappa shape index (κ2) is 6.07. The molecular weight excluding hydrogens is 252 g/mol. The highest BCUT2D eigenvalue weighted by Gasteiger charge is 2.28. The standard InChI is InChI=1S/C13H17ClN2O2/c14-10-5-1-2-6-11(10)16-12(13(15)17)9-4-3-7-18-8-9/h1-2,5-6,9,12,16H,3-4,7-8H2,(H2,15,17). The molecule has 0 bridgehead atoms. The average molecular weight is 269 g/mol. The van der Waals surface area contributed by atoms with Crippen LogP contribution in [0.25, 0.3) is 0 Å². The number of rotatable bonds is 4. The van der Waals surface area contributed by atoms with E-state index in [1.54, 1.807) is 6.07 Å². The van der Waals surface area contributed by atoms with Gasteiger partial charge < -0.3 is 15.8 Å². The summed E-state index contributed by atoms with van der Waals surface area (Å²) in [5.74, 6) is -0.266. The molecule has 0 radical (unpaired) electrons. The lowest BCUT2D eigenvalue weighted by Crippen LogP contribution is -2.44. The molecule has 1 aromatic rings. The minimum absolute atomic E-state index is 0.104. The molecule has 0 saturated carbocycles. The molecule has 2 rings (SSSR count). The Bertz CT molecular complexity index is 419. The van der Waals surface area contributed by atoms with E-state index in [4.69, 9.17) is 22.1 Å². The molecule has 98 valence electrons. The number of carbonyl (C=O) groups is 1. The Morgan fingerprint density at radius 1 is 1.50 bits per heavy atom. The van der Waals surface area contributed by atoms with Crippen molar-refractivity contribution in [3.8, 4) is 0 Å². The Hall–Kier alpha value is -1.26. The number of nitrogens with one attached hydrogen (secondary N) is 1. The maximum absolute atomic E-state index is 11.6. The summed E-state index contributed by atoms with van der Waals surface area (Å²) in [6.07, 6.45) is 1.89. The van der Waals surface area contributed by atoms with Crippen molar-refractivity contribution in [1.29, 1.82) is 0 Å². The first-order valence-electron chi connectivity index (χ1n) is 6.06. The number of primary amides is 1. The van der Waals surface area contributed by atoms with Gasteiger partial charge in [0.1, 0.15) is 6.04 Å². The molecule has 4 nitrogen and oxygen atoms in total. The van der Waals surface area contributed by atoms with Gasteiger partial charge in [0.15, 0.2) is 0 Å². The first-order chi connectivity index (χ1) is 8.68. The highest BCUT2D eigenvalue weighted by atomic mass is 35.5. The zero-order valence-electron chi connectivity index (χ0n) is 10.1. The molecule has 1 aromatic carbocycles. The van der Waals surface area contributed by atoms with Crippen LogP contribution in [0, 0.1) is 5.92 Å². The molecule has 1 amide bonds. The van der Waals surface area contributed by atoms with Crippen LogP contribution in [-0.2, 0) is 9.53 Å². The van der Waals surface area contributed by atoms with E-state index < -0.39 is 6.04 Å². The number of amides is 1. The molecule has 18 heavy (non-hydrogen) atoms. The fourth-order valence-electron chi connectivity index (χ4n) is 2.20. The van der Waals surface area contributed by atoms with Crippen LogP contribution in [0.4, 0.5) is 5.69 Å². The molecule has 5 heteroatoms. The fourth-order valence-corrected chi connectivity index (χ4v) is 2.39. The number of carbonyl (C=O) groups excluding carboxylic acids is 1. The molecule has 1 heterocycles. The number of halogens is 1. The smallest absolute Gasteiger partial charge is 0.240 e. The Morgan fingerprint density at radius 2 is 2.28 bits per heavy atom. The van der Waals surface area contributed by atoms with Crippen LogP contribution in [0.1, 0.15) is 12.8 Å². The van der Waals surface area contributed by atoms with Crippen molar-refractivity contribution in [2.45, 2.75) is 18.9 Å². The second-order valence-corrected chi connectivity index (χ2v) is 4.89. The van der Waals surface area contributed by atoms with E-state index >= 15 is 0 Å². The Morgan fingerprint density at radius 3 is 2.89 bits per heavy atom. The largest absolute Gasteiger partial charge is 0.381 e. The molecule has 1 fully saturated rings. The van der Waals surface area contributed by atoms with Gasteiger partial charge in [0.25, 0.3) is 0 Å². The maximum atomic E-state index is 11.6. The van der Waals surface area contributed by atoms with E-state index in [1.807, 2.05) is 18.2 Å². The van der Waals surface area contributed by atoms with Crippen molar-refractivity contribution in [1.82, 2.24) is 0 Å². The summed E-state index contributed by atoms with van der Waals surface area (Å²) in [6.45, 7) is 1.32. The molecule has 2 unspecified atom stereocenters. The van der Waals surface area contributed by atoms with E-state index in [-0.39, 0.29) is 11.8 Å². The molecule has 0 aliphatic carbocycles. The van der Waals surface area contributed by atoms with Gasteiger partial charge in [-0.3, -0.25) is 4.79 Å². The zero-order valence-corrected chi connectivity index (χ0v) is 10.8. The molecule has 3 N–H and O–H groups in total. The van der Waals surface area contributed by atoms with E-state index in [2.05, 4.69) is 5.32 Å². The van der Waals surface area contributed by atoms with E-state index in [0.717, 1.165) is 25.1 Å².